The summed E-state index contributed by atoms with van der Waals surface area (Å²) in [4.78, 5) is 27.6. The Labute approximate surface area is 218 Å². The number of carbonyl (C=O) groups is 2. The molecule has 9 heteroatoms. The van der Waals surface area contributed by atoms with E-state index in [0.717, 1.165) is 21.2 Å². The van der Waals surface area contributed by atoms with Gasteiger partial charge in [-0.25, -0.2) is 8.42 Å². The van der Waals surface area contributed by atoms with Crippen molar-refractivity contribution in [3.63, 3.8) is 0 Å². The number of nitrogens with one attached hydrogen (secondary N) is 1. The molecule has 0 fully saturated rings. The van der Waals surface area contributed by atoms with Gasteiger partial charge in [0.25, 0.3) is 0 Å². The van der Waals surface area contributed by atoms with Crippen LogP contribution in [0.4, 0.5) is 5.69 Å². The number of rotatable bonds is 11. The minimum absolute atomic E-state index is 0.0475. The molecule has 0 aliphatic heterocycles. The van der Waals surface area contributed by atoms with Crippen LogP contribution in [0.15, 0.2) is 46.9 Å². The molecule has 0 saturated heterocycles. The normalized spacial score (nSPS) is 12.3. The van der Waals surface area contributed by atoms with Crippen molar-refractivity contribution in [2.24, 2.45) is 0 Å². The van der Waals surface area contributed by atoms with E-state index < -0.39 is 16.1 Å². The van der Waals surface area contributed by atoms with Gasteiger partial charge in [-0.3, -0.25) is 13.9 Å². The number of aryl methyl sites for hydroxylation is 1. The van der Waals surface area contributed by atoms with E-state index in [2.05, 4.69) is 21.2 Å². The van der Waals surface area contributed by atoms with E-state index in [1.165, 1.54) is 10.6 Å². The van der Waals surface area contributed by atoms with Crippen molar-refractivity contribution >= 4 is 43.5 Å². The summed E-state index contributed by atoms with van der Waals surface area (Å²) in [5, 5.41) is 2.87. The first-order valence-corrected chi connectivity index (χ1v) is 14.3. The van der Waals surface area contributed by atoms with Crippen LogP contribution in [0.2, 0.25) is 0 Å². The number of nitrogens with zero attached hydrogens (tertiary/aromatic N) is 2. The predicted octanol–water partition coefficient (Wildman–Crippen LogP) is 4.55. The number of hydrogen-bond donors (Lipinski definition) is 1. The van der Waals surface area contributed by atoms with E-state index in [-0.39, 0.29) is 37.4 Å². The van der Waals surface area contributed by atoms with Crippen molar-refractivity contribution in [1.82, 2.24) is 10.2 Å². The van der Waals surface area contributed by atoms with Crippen molar-refractivity contribution in [2.45, 2.75) is 66.1 Å². The number of hydrogen-bond acceptors (Lipinski definition) is 4. The van der Waals surface area contributed by atoms with Crippen LogP contribution in [-0.4, -0.2) is 50.0 Å². The Morgan fingerprint density at radius 2 is 1.71 bits per heavy atom. The molecule has 0 saturated carbocycles. The molecule has 1 atom stereocenters. The molecule has 0 bridgehead atoms. The molecule has 2 aromatic carbocycles. The van der Waals surface area contributed by atoms with Gasteiger partial charge in [0.2, 0.25) is 21.8 Å². The number of halogens is 1. The highest BCUT2D eigenvalue weighted by molar-refractivity contribution is 9.10. The van der Waals surface area contributed by atoms with Gasteiger partial charge in [-0.2, -0.15) is 0 Å². The molecule has 0 heterocycles. The van der Waals surface area contributed by atoms with Gasteiger partial charge in [-0.05, 0) is 75.9 Å². The molecular weight excluding hydrogens is 530 g/mol. The maximum Gasteiger partial charge on any atom is 0.242 e. The molecule has 2 amide bonds. The van der Waals surface area contributed by atoms with Crippen LogP contribution in [0.25, 0.3) is 0 Å². The van der Waals surface area contributed by atoms with Crippen molar-refractivity contribution in [3.05, 3.63) is 63.6 Å². The van der Waals surface area contributed by atoms with Gasteiger partial charge in [0.05, 0.1) is 11.9 Å². The molecule has 1 N–H and O–H groups in total. The first-order valence-electron chi connectivity index (χ1n) is 11.7. The van der Waals surface area contributed by atoms with Crippen molar-refractivity contribution < 1.29 is 18.0 Å². The molecule has 0 spiro atoms. The summed E-state index contributed by atoms with van der Waals surface area (Å²) in [6, 6.07) is 12.4. The molecule has 192 valence electrons. The van der Waals surface area contributed by atoms with Gasteiger partial charge in [-0.15, -0.1) is 0 Å². The average molecular weight is 567 g/mol. The second-order valence-corrected chi connectivity index (χ2v) is 12.0. The quantitative estimate of drug-likeness (QED) is 0.433. The third kappa shape index (κ3) is 8.35. The molecular formula is C26H36BrN3O4S. The van der Waals surface area contributed by atoms with E-state index in [1.54, 1.807) is 17.9 Å². The monoisotopic (exact) mass is 565 g/mol. The maximum atomic E-state index is 13.3. The Kier molecular flexibility index (Phi) is 10.3. The topological polar surface area (TPSA) is 86.8 Å². The summed E-state index contributed by atoms with van der Waals surface area (Å²) < 4.78 is 27.3. The Balaban J connectivity index is 2.21. The van der Waals surface area contributed by atoms with Crippen molar-refractivity contribution in [3.8, 4) is 0 Å². The zero-order chi connectivity index (χ0) is 26.3. The van der Waals surface area contributed by atoms with E-state index >= 15 is 0 Å². The average Bonchev–Trinajstić information content (AvgIpc) is 2.75. The lowest BCUT2D eigenvalue weighted by molar-refractivity contribution is -0.140. The third-order valence-corrected chi connectivity index (χ3v) is 7.51. The molecule has 7 nitrogen and oxygen atoms in total. The predicted molar refractivity (Wildman–Crippen MR) is 145 cm³/mol. The molecule has 2 aromatic rings. The van der Waals surface area contributed by atoms with Crippen LogP contribution in [-0.2, 0) is 26.2 Å². The number of sulfonamides is 1. The van der Waals surface area contributed by atoms with Crippen molar-refractivity contribution in [1.29, 1.82) is 0 Å². The molecule has 35 heavy (non-hydrogen) atoms. The van der Waals surface area contributed by atoms with E-state index in [1.807, 2.05) is 64.1 Å². The highest BCUT2D eigenvalue weighted by Gasteiger charge is 2.27. The fourth-order valence-electron chi connectivity index (χ4n) is 3.81. The minimum atomic E-state index is -3.53. The van der Waals surface area contributed by atoms with Gasteiger partial charge in [0, 0.05) is 30.0 Å². The van der Waals surface area contributed by atoms with Gasteiger partial charge in [-0.1, -0.05) is 40.2 Å². The SMILES string of the molecule is Cc1cccc(N(CCCC(=O)N(Cc2cccc(Br)c2)C(C)C(=O)NC(C)C)S(C)(=O)=O)c1C. The standard InChI is InChI=1S/C26H36BrN3O4S/c1-18(2)28-26(32)21(5)29(17-22-11-8-12-23(27)16-22)25(31)14-9-15-30(35(6,33)34)24-13-7-10-19(3)20(24)4/h7-8,10-13,16,18,21H,9,14-15,17H2,1-6H3,(H,28,32). The van der Waals surface area contributed by atoms with Gasteiger partial charge >= 0.3 is 0 Å². The van der Waals surface area contributed by atoms with Crippen molar-refractivity contribution in [2.75, 3.05) is 17.1 Å². The Hall–Kier alpha value is -2.39. The van der Waals surface area contributed by atoms with E-state index in [4.69, 9.17) is 0 Å². The number of carbonyl (C=O) groups excluding carboxylic acids is 2. The first-order chi connectivity index (χ1) is 16.3. The smallest absolute Gasteiger partial charge is 0.242 e. The zero-order valence-corrected chi connectivity index (χ0v) is 23.7. The van der Waals surface area contributed by atoms with E-state index in [0.29, 0.717) is 12.1 Å². The lowest BCUT2D eigenvalue weighted by Crippen LogP contribution is -2.49. The summed E-state index contributed by atoms with van der Waals surface area (Å²) >= 11 is 3.45. The lowest BCUT2D eigenvalue weighted by Gasteiger charge is -2.30. The number of anilines is 1. The van der Waals surface area contributed by atoms with Crippen LogP contribution < -0.4 is 9.62 Å². The summed E-state index contributed by atoms with van der Waals surface area (Å²) in [7, 11) is -3.53. The van der Waals surface area contributed by atoms with Crippen LogP contribution in [0, 0.1) is 13.8 Å². The maximum absolute atomic E-state index is 13.3. The van der Waals surface area contributed by atoms with Crippen LogP contribution in [0.5, 0.6) is 0 Å². The summed E-state index contributed by atoms with van der Waals surface area (Å²) in [5.74, 6) is -0.428. The fourth-order valence-corrected chi connectivity index (χ4v) is 5.27. The fraction of sp³-hybridized carbons (Fsp3) is 0.462. The Bertz CT molecular complexity index is 1150. The highest BCUT2D eigenvalue weighted by Crippen LogP contribution is 2.25. The van der Waals surface area contributed by atoms with Gasteiger partial charge < -0.3 is 10.2 Å². The number of benzene rings is 2. The molecule has 0 radical (unpaired) electrons. The van der Waals surface area contributed by atoms with Crippen LogP contribution in [0.1, 0.15) is 50.3 Å². The third-order valence-electron chi connectivity index (χ3n) is 5.84. The lowest BCUT2D eigenvalue weighted by atomic mass is 10.1. The van der Waals surface area contributed by atoms with E-state index in [9.17, 15) is 18.0 Å². The largest absolute Gasteiger partial charge is 0.352 e. The van der Waals surface area contributed by atoms with Gasteiger partial charge in [0.1, 0.15) is 6.04 Å². The molecule has 2 rings (SSSR count). The van der Waals surface area contributed by atoms with Crippen LogP contribution in [0.3, 0.4) is 0 Å². The minimum Gasteiger partial charge on any atom is -0.352 e. The van der Waals surface area contributed by atoms with Gasteiger partial charge in [0.15, 0.2) is 0 Å². The molecule has 0 aliphatic rings. The summed E-state index contributed by atoms with van der Waals surface area (Å²) in [6.45, 7) is 9.74. The Morgan fingerprint density at radius 1 is 1.06 bits per heavy atom. The second-order valence-electron chi connectivity index (χ2n) is 9.15. The summed E-state index contributed by atoms with van der Waals surface area (Å²) in [6.07, 6.45) is 1.62. The zero-order valence-electron chi connectivity index (χ0n) is 21.3. The number of amides is 2. The first kappa shape index (κ1) is 28.8. The summed E-state index contributed by atoms with van der Waals surface area (Å²) in [5.41, 5.74) is 3.40. The second kappa shape index (κ2) is 12.5. The van der Waals surface area contributed by atoms with Crippen LogP contribution >= 0.6 is 15.9 Å². The molecule has 0 aliphatic carbocycles. The molecule has 0 aromatic heterocycles. The highest BCUT2D eigenvalue weighted by atomic mass is 79.9. The molecule has 1 unspecified atom stereocenters. The Morgan fingerprint density at radius 3 is 2.31 bits per heavy atom.